The number of hydrogen-bond acceptors (Lipinski definition) is 3. The van der Waals surface area contributed by atoms with Gasteiger partial charge in [-0.05, 0) is 12.1 Å². The minimum absolute atomic E-state index is 0.169. The van der Waals surface area contributed by atoms with Gasteiger partial charge in [0.05, 0.1) is 0 Å². The minimum Gasteiger partial charge on any atom is -0.488 e. The van der Waals surface area contributed by atoms with Gasteiger partial charge in [-0.3, -0.25) is 5.11 Å². The van der Waals surface area contributed by atoms with E-state index in [4.69, 9.17) is 16.2 Å². The van der Waals surface area contributed by atoms with Gasteiger partial charge >= 0.3 is 0 Å². The van der Waals surface area contributed by atoms with Crippen molar-refractivity contribution in [2.45, 2.75) is 0 Å². The summed E-state index contributed by atoms with van der Waals surface area (Å²) >= 11 is 0. The molecule has 1 aromatic rings. The quantitative estimate of drug-likeness (QED) is 0.652. The van der Waals surface area contributed by atoms with E-state index in [9.17, 15) is 5.11 Å². The second-order valence-corrected chi connectivity index (χ2v) is 2.34. The average Bonchev–Trinajstić information content (AvgIpc) is 2.07. The van der Waals surface area contributed by atoms with Crippen molar-refractivity contribution < 1.29 is 9.84 Å². The van der Waals surface area contributed by atoms with Gasteiger partial charge in [0.25, 0.3) is 0 Å². The highest BCUT2D eigenvalue weighted by molar-refractivity contribution is 5.51. The third-order valence-electron chi connectivity index (χ3n) is 1.34. The zero-order valence-electron chi connectivity index (χ0n) is 6.62. The van der Waals surface area contributed by atoms with Crippen molar-refractivity contribution in [2.24, 2.45) is 5.73 Å². The van der Waals surface area contributed by atoms with Crippen molar-refractivity contribution in [2.75, 3.05) is 18.9 Å². The number of anilines is 1. The van der Waals surface area contributed by atoms with Gasteiger partial charge in [0.2, 0.25) is 5.75 Å². The summed E-state index contributed by atoms with van der Waals surface area (Å²) in [6, 6.07) is 4.41. The fourth-order valence-corrected chi connectivity index (χ4v) is 0.806. The fraction of sp³-hybridized carbons (Fsp3) is 0.250. The Bertz CT molecular complexity index is 263. The van der Waals surface area contributed by atoms with E-state index in [-0.39, 0.29) is 11.5 Å². The highest BCUT2D eigenvalue weighted by atomic mass is 16.5. The molecule has 0 bridgehead atoms. The van der Waals surface area contributed by atoms with Gasteiger partial charge in [-0.15, -0.1) is 0 Å². The van der Waals surface area contributed by atoms with Gasteiger partial charge < -0.3 is 16.2 Å². The summed E-state index contributed by atoms with van der Waals surface area (Å²) < 4.78 is 5.05. The zero-order chi connectivity index (χ0) is 8.97. The van der Waals surface area contributed by atoms with Crippen LogP contribution in [0, 0.1) is 0 Å². The fourth-order valence-electron chi connectivity index (χ4n) is 0.806. The van der Waals surface area contributed by atoms with E-state index in [2.05, 4.69) is 0 Å². The molecule has 4 heteroatoms. The lowest BCUT2D eigenvalue weighted by Crippen LogP contribution is -2.10. The predicted molar refractivity (Wildman–Crippen MR) is 45.5 cm³/mol. The zero-order valence-corrected chi connectivity index (χ0v) is 6.62. The van der Waals surface area contributed by atoms with Gasteiger partial charge in [0.15, 0.2) is 5.75 Å². The molecule has 0 amide bonds. The number of rotatable bonds is 3. The Kier molecular flexibility index (Phi) is 2.76. The average molecular weight is 167 g/mol. The molecule has 12 heavy (non-hydrogen) atoms. The third-order valence-corrected chi connectivity index (χ3v) is 1.34. The monoisotopic (exact) mass is 167 g/mol. The topological polar surface area (TPSA) is 81.2 Å². The van der Waals surface area contributed by atoms with Crippen molar-refractivity contribution in [3.8, 4) is 11.5 Å². The highest BCUT2D eigenvalue weighted by Crippen LogP contribution is 2.28. The molecule has 0 heterocycles. The van der Waals surface area contributed by atoms with E-state index in [1.807, 2.05) is 0 Å². The van der Waals surface area contributed by atoms with Crippen molar-refractivity contribution in [3.63, 3.8) is 0 Å². The van der Waals surface area contributed by atoms with Gasteiger partial charge in [-0.2, -0.15) is 0 Å². The molecule has 0 saturated carbocycles. The molecule has 0 atom stereocenters. The summed E-state index contributed by atoms with van der Waals surface area (Å²) in [5.41, 5.74) is 11.2. The first kappa shape index (κ1) is 8.67. The molecule has 4 N–H and O–H groups in total. The van der Waals surface area contributed by atoms with Crippen LogP contribution in [0.25, 0.3) is 0 Å². The molecule has 0 aliphatic carbocycles. The molecule has 0 aliphatic rings. The van der Waals surface area contributed by atoms with Crippen molar-refractivity contribution in [1.29, 1.82) is 0 Å². The van der Waals surface area contributed by atoms with Gasteiger partial charge in [0.1, 0.15) is 6.61 Å². The molecule has 65 valence electrons. The van der Waals surface area contributed by atoms with Crippen LogP contribution in [0.2, 0.25) is 0 Å². The lowest BCUT2D eigenvalue weighted by atomic mass is 10.3. The first-order valence-electron chi connectivity index (χ1n) is 3.63. The molecule has 0 fully saturated rings. The second kappa shape index (κ2) is 3.82. The molecule has 0 aromatic heterocycles. The van der Waals surface area contributed by atoms with E-state index < -0.39 is 0 Å². The Labute approximate surface area is 70.7 Å². The number of nitrogen functional groups attached to an aromatic ring is 1. The highest BCUT2D eigenvalue weighted by Gasteiger charge is 2.03. The molecule has 1 aromatic carbocycles. The Morgan fingerprint density at radius 1 is 1.42 bits per heavy atom. The van der Waals surface area contributed by atoms with Crippen LogP contribution in [0.1, 0.15) is 0 Å². The minimum atomic E-state index is -0.169. The van der Waals surface area contributed by atoms with E-state index in [1.165, 1.54) is 18.2 Å². The lowest BCUT2D eigenvalue weighted by molar-refractivity contribution is 0.282. The molecule has 0 spiro atoms. The van der Waals surface area contributed by atoms with Crippen LogP contribution >= 0.6 is 0 Å². The van der Waals surface area contributed by atoms with Crippen LogP contribution in [0.5, 0.6) is 11.5 Å². The van der Waals surface area contributed by atoms with Crippen LogP contribution in [-0.4, -0.2) is 13.2 Å². The first-order valence-corrected chi connectivity index (χ1v) is 3.63. The van der Waals surface area contributed by atoms with Gasteiger partial charge in [-0.1, -0.05) is 0 Å². The van der Waals surface area contributed by atoms with E-state index >= 15 is 0 Å². The SMILES string of the molecule is NCCOc1cc(N)ccc1[O]. The van der Waals surface area contributed by atoms with Crippen LogP contribution in [0.4, 0.5) is 5.69 Å². The van der Waals surface area contributed by atoms with E-state index in [1.54, 1.807) is 0 Å². The molecule has 1 radical (unpaired) electrons. The number of benzene rings is 1. The van der Waals surface area contributed by atoms with Crippen LogP contribution < -0.4 is 16.2 Å². The molecule has 0 saturated heterocycles. The maximum Gasteiger partial charge on any atom is 0.220 e. The van der Waals surface area contributed by atoms with E-state index in [0.29, 0.717) is 18.8 Å². The normalized spacial score (nSPS) is 9.75. The predicted octanol–water partition coefficient (Wildman–Crippen LogP) is 0.750. The molecule has 4 nitrogen and oxygen atoms in total. The summed E-state index contributed by atoms with van der Waals surface area (Å²) in [4.78, 5) is 0. The number of ether oxygens (including phenoxy) is 1. The van der Waals surface area contributed by atoms with Gasteiger partial charge in [0, 0.05) is 18.3 Å². The smallest absolute Gasteiger partial charge is 0.220 e. The van der Waals surface area contributed by atoms with Gasteiger partial charge in [-0.25, -0.2) is 0 Å². The van der Waals surface area contributed by atoms with Crippen LogP contribution in [0.15, 0.2) is 18.2 Å². The number of hydrogen-bond donors (Lipinski definition) is 2. The Morgan fingerprint density at radius 3 is 2.83 bits per heavy atom. The molecule has 0 aliphatic heterocycles. The van der Waals surface area contributed by atoms with Crippen LogP contribution in [-0.2, 0) is 5.11 Å². The third kappa shape index (κ3) is 2.03. The summed E-state index contributed by atoms with van der Waals surface area (Å²) in [7, 11) is 0. The summed E-state index contributed by atoms with van der Waals surface area (Å²) in [6.45, 7) is 0.715. The first-order chi connectivity index (χ1) is 5.74. The standard InChI is InChI=1S/C8H11N2O2/c9-3-4-12-8-5-6(10)1-2-7(8)11/h1-2,5H,3-4,9-10H2. The lowest BCUT2D eigenvalue weighted by Gasteiger charge is -2.05. The maximum atomic E-state index is 11.1. The van der Waals surface area contributed by atoms with Crippen LogP contribution in [0.3, 0.4) is 0 Å². The molecular weight excluding hydrogens is 156 g/mol. The number of nitrogens with two attached hydrogens (primary N) is 2. The molecular formula is C8H11N2O2. The molecule has 0 unspecified atom stereocenters. The Balaban J connectivity index is 2.75. The van der Waals surface area contributed by atoms with E-state index in [0.717, 1.165) is 0 Å². The molecule has 1 rings (SSSR count). The Hall–Kier alpha value is -1.42. The van der Waals surface area contributed by atoms with Crippen molar-refractivity contribution >= 4 is 5.69 Å². The van der Waals surface area contributed by atoms with Crippen molar-refractivity contribution in [1.82, 2.24) is 0 Å². The summed E-state index contributed by atoms with van der Waals surface area (Å²) in [5, 5.41) is 11.1. The summed E-state index contributed by atoms with van der Waals surface area (Å²) in [5.74, 6) is 0.0955. The second-order valence-electron chi connectivity index (χ2n) is 2.34. The largest absolute Gasteiger partial charge is 0.488 e. The Morgan fingerprint density at radius 2 is 2.17 bits per heavy atom. The van der Waals surface area contributed by atoms with Crippen molar-refractivity contribution in [3.05, 3.63) is 18.2 Å². The summed E-state index contributed by atoms with van der Waals surface area (Å²) in [6.07, 6.45) is 0. The maximum absolute atomic E-state index is 11.1.